The minimum absolute atomic E-state index is 0.197. The van der Waals surface area contributed by atoms with Gasteiger partial charge in [0, 0.05) is 20.2 Å². The zero-order chi connectivity index (χ0) is 13.4. The summed E-state index contributed by atoms with van der Waals surface area (Å²) in [6, 6.07) is 1.88. The smallest absolute Gasteiger partial charge is 0.273 e. The van der Waals surface area contributed by atoms with E-state index in [4.69, 9.17) is 4.74 Å². The molecule has 0 unspecified atom stereocenters. The van der Waals surface area contributed by atoms with E-state index in [0.29, 0.717) is 10.9 Å². The second kappa shape index (κ2) is 4.62. The highest BCUT2D eigenvalue weighted by Gasteiger charge is 2.22. The van der Waals surface area contributed by atoms with Crippen molar-refractivity contribution >= 4 is 16.6 Å². The van der Waals surface area contributed by atoms with E-state index in [2.05, 4.69) is 20.1 Å². The number of methoxy groups -OCH3 is 1. The Kier molecular flexibility index (Phi) is 2.94. The van der Waals surface area contributed by atoms with E-state index < -0.39 is 0 Å². The van der Waals surface area contributed by atoms with Gasteiger partial charge in [-0.1, -0.05) is 0 Å². The maximum Gasteiger partial charge on any atom is 0.273 e. The zero-order valence-electron chi connectivity index (χ0n) is 11.0. The van der Waals surface area contributed by atoms with Gasteiger partial charge in [0.15, 0.2) is 0 Å². The van der Waals surface area contributed by atoms with Crippen LogP contribution in [-0.2, 0) is 4.74 Å². The Morgan fingerprint density at radius 3 is 3.11 bits per heavy atom. The Balaban J connectivity index is 2.03. The molecular weight excluding hydrogens is 244 g/mol. The van der Waals surface area contributed by atoms with Crippen molar-refractivity contribution in [1.29, 1.82) is 0 Å². The number of fused-ring (bicyclic) bond motifs is 1. The molecule has 2 aromatic heterocycles. The molecule has 0 aliphatic carbocycles. The molecule has 1 aliphatic heterocycles. The number of hydrogen-bond donors (Lipinski definition) is 1. The monoisotopic (exact) mass is 260 g/mol. The lowest BCUT2D eigenvalue weighted by atomic mass is 10.2. The number of anilines is 1. The Labute approximate surface area is 110 Å². The highest BCUT2D eigenvalue weighted by Crippen LogP contribution is 2.23. The first-order valence-corrected chi connectivity index (χ1v) is 6.32. The third-order valence-electron chi connectivity index (χ3n) is 3.63. The van der Waals surface area contributed by atoms with E-state index in [0.717, 1.165) is 30.9 Å². The van der Waals surface area contributed by atoms with Crippen LogP contribution in [0.3, 0.4) is 0 Å². The SMILES string of the molecule is CO[C@H]1CCN(c2cnc3c(C)n[nH]c(=O)c3c2)C1. The molecule has 100 valence electrons. The maximum absolute atomic E-state index is 11.8. The van der Waals surface area contributed by atoms with Gasteiger partial charge in [-0.25, -0.2) is 5.10 Å². The van der Waals surface area contributed by atoms with Crippen molar-refractivity contribution in [2.75, 3.05) is 25.1 Å². The van der Waals surface area contributed by atoms with Crippen LogP contribution in [0.5, 0.6) is 0 Å². The molecule has 1 saturated heterocycles. The molecule has 1 atom stereocenters. The van der Waals surface area contributed by atoms with E-state index in [-0.39, 0.29) is 11.7 Å². The molecule has 1 fully saturated rings. The predicted molar refractivity (Wildman–Crippen MR) is 72.5 cm³/mol. The zero-order valence-corrected chi connectivity index (χ0v) is 11.0. The number of rotatable bonds is 2. The lowest BCUT2D eigenvalue weighted by molar-refractivity contribution is 0.121. The standard InChI is InChI=1S/C13H16N4O2/c1-8-12-11(13(18)16-15-8)5-9(6-14-12)17-4-3-10(7-17)19-2/h5-6,10H,3-4,7H2,1-2H3,(H,16,18)/t10-/m0/s1. The van der Waals surface area contributed by atoms with Crippen LogP contribution in [0.25, 0.3) is 10.9 Å². The van der Waals surface area contributed by atoms with Crippen molar-refractivity contribution in [3.63, 3.8) is 0 Å². The highest BCUT2D eigenvalue weighted by molar-refractivity contribution is 5.82. The fraction of sp³-hybridized carbons (Fsp3) is 0.462. The van der Waals surface area contributed by atoms with Gasteiger partial charge in [0.25, 0.3) is 5.56 Å². The molecule has 0 aromatic carbocycles. The number of nitrogens with zero attached hydrogens (tertiary/aromatic N) is 3. The summed E-state index contributed by atoms with van der Waals surface area (Å²) in [5.74, 6) is 0. The number of aryl methyl sites for hydroxylation is 1. The van der Waals surface area contributed by atoms with Crippen LogP contribution in [0.2, 0.25) is 0 Å². The molecule has 0 saturated carbocycles. The van der Waals surface area contributed by atoms with Crippen LogP contribution in [-0.4, -0.2) is 41.5 Å². The number of aromatic nitrogens is 3. The molecule has 0 spiro atoms. The number of aromatic amines is 1. The second-order valence-corrected chi connectivity index (χ2v) is 4.82. The quantitative estimate of drug-likeness (QED) is 0.866. The topological polar surface area (TPSA) is 71.1 Å². The van der Waals surface area contributed by atoms with Gasteiger partial charge in [0.05, 0.1) is 34.6 Å². The van der Waals surface area contributed by atoms with Crippen molar-refractivity contribution in [3.8, 4) is 0 Å². The Bertz CT molecular complexity index is 667. The van der Waals surface area contributed by atoms with Crippen molar-refractivity contribution in [2.45, 2.75) is 19.4 Å². The lowest BCUT2D eigenvalue weighted by Crippen LogP contribution is -2.22. The van der Waals surface area contributed by atoms with E-state index in [9.17, 15) is 4.79 Å². The van der Waals surface area contributed by atoms with Crippen molar-refractivity contribution in [2.24, 2.45) is 0 Å². The number of H-pyrrole nitrogens is 1. The normalized spacial score (nSPS) is 19.3. The Morgan fingerprint density at radius 2 is 2.37 bits per heavy atom. The summed E-state index contributed by atoms with van der Waals surface area (Å²) in [4.78, 5) is 18.4. The number of ether oxygens (including phenoxy) is 1. The largest absolute Gasteiger partial charge is 0.380 e. The molecule has 19 heavy (non-hydrogen) atoms. The first kappa shape index (κ1) is 12.1. The minimum Gasteiger partial charge on any atom is -0.380 e. The summed E-state index contributed by atoms with van der Waals surface area (Å²) in [5.41, 5.74) is 2.16. The third-order valence-corrected chi connectivity index (χ3v) is 3.63. The van der Waals surface area contributed by atoms with Gasteiger partial charge in [0.1, 0.15) is 0 Å². The lowest BCUT2D eigenvalue weighted by Gasteiger charge is -2.18. The molecule has 6 nitrogen and oxygen atoms in total. The molecule has 0 radical (unpaired) electrons. The van der Waals surface area contributed by atoms with Crippen molar-refractivity contribution < 1.29 is 4.74 Å². The van der Waals surface area contributed by atoms with Gasteiger partial charge in [-0.3, -0.25) is 9.78 Å². The molecule has 1 aliphatic rings. The van der Waals surface area contributed by atoms with Crippen LogP contribution in [0.4, 0.5) is 5.69 Å². The molecular formula is C13H16N4O2. The van der Waals surface area contributed by atoms with Gasteiger partial charge < -0.3 is 9.64 Å². The summed E-state index contributed by atoms with van der Waals surface area (Å²) >= 11 is 0. The number of hydrogen-bond acceptors (Lipinski definition) is 5. The van der Waals surface area contributed by atoms with E-state index in [1.54, 1.807) is 13.3 Å². The van der Waals surface area contributed by atoms with Gasteiger partial charge in [-0.15, -0.1) is 0 Å². The molecule has 0 bridgehead atoms. The van der Waals surface area contributed by atoms with Crippen LogP contribution in [0.1, 0.15) is 12.1 Å². The first-order valence-electron chi connectivity index (χ1n) is 6.32. The summed E-state index contributed by atoms with van der Waals surface area (Å²) in [7, 11) is 1.73. The summed E-state index contributed by atoms with van der Waals surface area (Å²) in [5, 5.41) is 7.01. The summed E-state index contributed by atoms with van der Waals surface area (Å²) in [6.45, 7) is 3.60. The second-order valence-electron chi connectivity index (χ2n) is 4.82. The van der Waals surface area contributed by atoms with Gasteiger partial charge in [0.2, 0.25) is 0 Å². The van der Waals surface area contributed by atoms with Gasteiger partial charge in [-0.2, -0.15) is 5.10 Å². The number of pyridine rings is 1. The van der Waals surface area contributed by atoms with Crippen LogP contribution in [0.15, 0.2) is 17.1 Å². The third kappa shape index (κ3) is 2.08. The molecule has 3 heterocycles. The van der Waals surface area contributed by atoms with Crippen LogP contribution >= 0.6 is 0 Å². The first-order chi connectivity index (χ1) is 9.19. The van der Waals surface area contributed by atoms with Gasteiger partial charge in [-0.05, 0) is 19.4 Å². The Morgan fingerprint density at radius 1 is 1.53 bits per heavy atom. The molecule has 6 heteroatoms. The molecule has 0 amide bonds. The molecule has 1 N–H and O–H groups in total. The maximum atomic E-state index is 11.8. The van der Waals surface area contributed by atoms with Crippen LogP contribution < -0.4 is 10.5 Å². The highest BCUT2D eigenvalue weighted by atomic mass is 16.5. The minimum atomic E-state index is -0.197. The van der Waals surface area contributed by atoms with Crippen molar-refractivity contribution in [3.05, 3.63) is 28.3 Å². The van der Waals surface area contributed by atoms with E-state index >= 15 is 0 Å². The van der Waals surface area contributed by atoms with Gasteiger partial charge >= 0.3 is 0 Å². The van der Waals surface area contributed by atoms with E-state index in [1.165, 1.54) is 0 Å². The van der Waals surface area contributed by atoms with Crippen molar-refractivity contribution in [1.82, 2.24) is 15.2 Å². The fourth-order valence-electron chi connectivity index (χ4n) is 2.49. The fourth-order valence-corrected chi connectivity index (χ4v) is 2.49. The summed E-state index contributed by atoms with van der Waals surface area (Å²) in [6.07, 6.45) is 3.06. The molecule has 3 rings (SSSR count). The summed E-state index contributed by atoms with van der Waals surface area (Å²) < 4.78 is 5.35. The Hall–Kier alpha value is -1.95. The predicted octanol–water partition coefficient (Wildman–Crippen LogP) is 0.852. The van der Waals surface area contributed by atoms with Crippen LogP contribution in [0, 0.1) is 6.92 Å². The van der Waals surface area contributed by atoms with E-state index in [1.807, 2.05) is 13.0 Å². The average Bonchev–Trinajstić information content (AvgIpc) is 2.91. The molecule has 2 aromatic rings. The number of nitrogens with one attached hydrogen (secondary N) is 1. The average molecular weight is 260 g/mol.